The molecule has 0 atom stereocenters. The van der Waals surface area contributed by atoms with Crippen LogP contribution in [0.15, 0.2) is 0 Å². The molecule has 0 fully saturated rings. The molecule has 0 aliphatic carbocycles. The van der Waals surface area contributed by atoms with Crippen molar-refractivity contribution in [3.8, 4) is 0 Å². The van der Waals surface area contributed by atoms with Crippen molar-refractivity contribution in [3.63, 3.8) is 0 Å². The number of carbonyl (C=O) groups is 1. The normalized spacial score (nSPS) is 9.60. The van der Waals surface area contributed by atoms with Gasteiger partial charge in [0.2, 0.25) is 0 Å². The van der Waals surface area contributed by atoms with Gasteiger partial charge < -0.3 is 9.47 Å². The number of hydrogen-bond acceptors (Lipinski definition) is 4. The number of rotatable bonds is 3. The van der Waals surface area contributed by atoms with Crippen LogP contribution in [0.4, 0.5) is 4.79 Å². The number of ether oxygens (including phenoxy) is 2. The summed E-state index contributed by atoms with van der Waals surface area (Å²) in [6.45, 7) is 3.72. The molecule has 0 aromatic heterocycles. The molecule has 0 radical (unpaired) electrons. The monoisotopic (exact) mass is 147 g/mol. The standard InChI is InChI=1S/C6H13NO3/c1-5(2)10-6(8)9-4-7-3/h5,7H,4H2,1-3H3. The van der Waals surface area contributed by atoms with Gasteiger partial charge >= 0.3 is 6.16 Å². The fourth-order valence-corrected chi connectivity index (χ4v) is 0.358. The molecule has 4 nitrogen and oxygen atoms in total. The van der Waals surface area contributed by atoms with Crippen molar-refractivity contribution >= 4 is 6.16 Å². The Balaban J connectivity index is 3.26. The topological polar surface area (TPSA) is 47.6 Å². The lowest BCUT2D eigenvalue weighted by Crippen LogP contribution is -2.19. The molecule has 0 aliphatic heterocycles. The van der Waals surface area contributed by atoms with Crippen molar-refractivity contribution in [2.75, 3.05) is 13.8 Å². The van der Waals surface area contributed by atoms with Crippen LogP contribution in [0, 0.1) is 0 Å². The minimum Gasteiger partial charge on any atom is -0.432 e. The van der Waals surface area contributed by atoms with Crippen LogP contribution in [0.25, 0.3) is 0 Å². The predicted octanol–water partition coefficient (Wildman–Crippen LogP) is 0.725. The molecule has 0 aromatic carbocycles. The Morgan fingerprint density at radius 2 is 2.20 bits per heavy atom. The van der Waals surface area contributed by atoms with Crippen molar-refractivity contribution in [1.29, 1.82) is 0 Å². The number of nitrogens with one attached hydrogen (secondary N) is 1. The summed E-state index contributed by atoms with van der Waals surface area (Å²) in [4.78, 5) is 10.5. The smallest absolute Gasteiger partial charge is 0.432 e. The molecule has 0 heterocycles. The Morgan fingerprint density at radius 1 is 1.60 bits per heavy atom. The maximum absolute atomic E-state index is 10.5. The predicted molar refractivity (Wildman–Crippen MR) is 36.6 cm³/mol. The van der Waals surface area contributed by atoms with E-state index in [4.69, 9.17) is 0 Å². The van der Waals surface area contributed by atoms with E-state index in [1.54, 1.807) is 20.9 Å². The van der Waals surface area contributed by atoms with Crippen LogP contribution in [0.5, 0.6) is 0 Å². The van der Waals surface area contributed by atoms with Crippen LogP contribution in [-0.2, 0) is 9.47 Å². The van der Waals surface area contributed by atoms with E-state index in [9.17, 15) is 4.79 Å². The van der Waals surface area contributed by atoms with Gasteiger partial charge in [-0.3, -0.25) is 5.32 Å². The van der Waals surface area contributed by atoms with Crippen LogP contribution < -0.4 is 5.32 Å². The van der Waals surface area contributed by atoms with Gasteiger partial charge in [-0.15, -0.1) is 0 Å². The number of hydrogen-bond donors (Lipinski definition) is 1. The molecule has 1 N–H and O–H groups in total. The second-order valence-electron chi connectivity index (χ2n) is 2.06. The summed E-state index contributed by atoms with van der Waals surface area (Å²) in [6.07, 6.45) is -0.756. The molecule has 0 amide bonds. The highest BCUT2D eigenvalue weighted by atomic mass is 16.7. The van der Waals surface area contributed by atoms with Crippen molar-refractivity contribution in [2.24, 2.45) is 0 Å². The van der Waals surface area contributed by atoms with Crippen molar-refractivity contribution in [3.05, 3.63) is 0 Å². The first-order valence-electron chi connectivity index (χ1n) is 3.15. The highest BCUT2D eigenvalue weighted by molar-refractivity contribution is 5.59. The van der Waals surface area contributed by atoms with Crippen molar-refractivity contribution < 1.29 is 14.3 Å². The second kappa shape index (κ2) is 5.05. The molecule has 0 aliphatic rings. The average Bonchev–Trinajstić information content (AvgIpc) is 1.82. The van der Waals surface area contributed by atoms with Crippen LogP contribution in [-0.4, -0.2) is 26.0 Å². The van der Waals surface area contributed by atoms with Crippen LogP contribution in [0.1, 0.15) is 13.8 Å². The minimum absolute atomic E-state index is 0.121. The van der Waals surface area contributed by atoms with E-state index in [2.05, 4.69) is 14.8 Å². The Hall–Kier alpha value is -0.770. The highest BCUT2D eigenvalue weighted by Crippen LogP contribution is 1.90. The van der Waals surface area contributed by atoms with E-state index >= 15 is 0 Å². The second-order valence-corrected chi connectivity index (χ2v) is 2.06. The average molecular weight is 147 g/mol. The lowest BCUT2D eigenvalue weighted by molar-refractivity contribution is 0.0313. The van der Waals surface area contributed by atoms with E-state index in [1.165, 1.54) is 0 Å². The molecular formula is C6H13NO3. The zero-order valence-corrected chi connectivity index (χ0v) is 6.51. The van der Waals surface area contributed by atoms with Gasteiger partial charge in [-0.25, -0.2) is 4.79 Å². The van der Waals surface area contributed by atoms with Gasteiger partial charge in [0.15, 0.2) is 0 Å². The van der Waals surface area contributed by atoms with Gasteiger partial charge in [-0.2, -0.15) is 0 Å². The summed E-state index contributed by atoms with van der Waals surface area (Å²) in [5, 5.41) is 2.65. The Bertz CT molecular complexity index is 103. The van der Waals surface area contributed by atoms with E-state index in [-0.39, 0.29) is 12.8 Å². The molecule has 4 heteroatoms. The third kappa shape index (κ3) is 5.37. The Labute approximate surface area is 60.5 Å². The maximum atomic E-state index is 10.5. The van der Waals surface area contributed by atoms with Crippen molar-refractivity contribution in [2.45, 2.75) is 20.0 Å². The summed E-state index contributed by atoms with van der Waals surface area (Å²) in [5.41, 5.74) is 0. The molecule has 0 saturated carbocycles. The molecule has 0 rings (SSSR count). The van der Waals surface area contributed by atoms with E-state index in [0.29, 0.717) is 0 Å². The molecule has 0 aromatic rings. The first kappa shape index (κ1) is 9.23. The van der Waals surface area contributed by atoms with Crippen LogP contribution >= 0.6 is 0 Å². The zero-order valence-electron chi connectivity index (χ0n) is 6.51. The fourth-order valence-electron chi connectivity index (χ4n) is 0.358. The third-order valence-electron chi connectivity index (χ3n) is 0.666. The fraction of sp³-hybridized carbons (Fsp3) is 0.833. The molecule has 60 valence electrons. The molecule has 0 bridgehead atoms. The SMILES string of the molecule is CNCOC(=O)OC(C)C. The van der Waals surface area contributed by atoms with Gasteiger partial charge in [0.25, 0.3) is 0 Å². The summed E-state index contributed by atoms with van der Waals surface area (Å²) in [7, 11) is 1.68. The van der Waals surface area contributed by atoms with Crippen LogP contribution in [0.2, 0.25) is 0 Å². The van der Waals surface area contributed by atoms with Gasteiger partial charge in [-0.05, 0) is 20.9 Å². The Kier molecular flexibility index (Phi) is 4.66. The lowest BCUT2D eigenvalue weighted by Gasteiger charge is -2.07. The lowest BCUT2D eigenvalue weighted by atomic mass is 10.5. The Morgan fingerprint density at radius 3 is 2.60 bits per heavy atom. The van der Waals surface area contributed by atoms with Crippen molar-refractivity contribution in [1.82, 2.24) is 5.32 Å². The zero-order chi connectivity index (χ0) is 7.98. The highest BCUT2D eigenvalue weighted by Gasteiger charge is 2.03. The van der Waals surface area contributed by atoms with Crippen LogP contribution in [0.3, 0.4) is 0 Å². The third-order valence-corrected chi connectivity index (χ3v) is 0.666. The van der Waals surface area contributed by atoms with Gasteiger partial charge in [-0.1, -0.05) is 0 Å². The minimum atomic E-state index is -0.635. The first-order chi connectivity index (χ1) is 4.66. The maximum Gasteiger partial charge on any atom is 0.509 e. The van der Waals surface area contributed by atoms with E-state index in [1.807, 2.05) is 0 Å². The first-order valence-corrected chi connectivity index (χ1v) is 3.15. The van der Waals surface area contributed by atoms with Gasteiger partial charge in [0.1, 0.15) is 6.73 Å². The molecule has 0 spiro atoms. The molecule has 10 heavy (non-hydrogen) atoms. The quantitative estimate of drug-likeness (QED) is 0.472. The molecular weight excluding hydrogens is 134 g/mol. The van der Waals surface area contributed by atoms with Gasteiger partial charge in [0.05, 0.1) is 6.10 Å². The van der Waals surface area contributed by atoms with E-state index < -0.39 is 6.16 Å². The molecule has 0 saturated heterocycles. The summed E-state index contributed by atoms with van der Waals surface area (Å²) in [6, 6.07) is 0. The van der Waals surface area contributed by atoms with E-state index in [0.717, 1.165) is 0 Å². The largest absolute Gasteiger partial charge is 0.509 e. The molecule has 0 unspecified atom stereocenters. The summed E-state index contributed by atoms with van der Waals surface area (Å²) in [5.74, 6) is 0. The number of carbonyl (C=O) groups excluding carboxylic acids is 1. The van der Waals surface area contributed by atoms with Gasteiger partial charge in [0, 0.05) is 0 Å². The summed E-state index contributed by atoms with van der Waals surface area (Å²) >= 11 is 0. The summed E-state index contributed by atoms with van der Waals surface area (Å²) < 4.78 is 9.18.